The number of hydrogen-bond acceptors (Lipinski definition) is 1. The van der Waals surface area contributed by atoms with Crippen molar-refractivity contribution in [1.29, 1.82) is 0 Å². The number of benzene rings is 1. The van der Waals surface area contributed by atoms with Crippen LogP contribution >= 0.6 is 15.9 Å². The Morgan fingerprint density at radius 3 is 2.45 bits per heavy atom. The monoisotopic (exact) mass is 217 g/mol. The average Bonchev–Trinajstić information content (AvgIpc) is 1.94. The first kappa shape index (κ1) is 8.53. The summed E-state index contributed by atoms with van der Waals surface area (Å²) in [5.41, 5.74) is 0.866. The van der Waals surface area contributed by atoms with Gasteiger partial charge in [0.05, 0.1) is 4.47 Å². The molecule has 11 heavy (non-hydrogen) atoms. The summed E-state index contributed by atoms with van der Waals surface area (Å²) in [6.07, 6.45) is 0. The molecular weight excluding hydrogens is 209 g/mol. The van der Waals surface area contributed by atoms with E-state index < -0.39 is 0 Å². The molecule has 0 N–H and O–H groups in total. The SMILES string of the molecule is CN(C)c1ccc(Br)c(F)c1. The molecule has 1 rings (SSSR count). The van der Waals surface area contributed by atoms with E-state index in [4.69, 9.17) is 0 Å². The molecule has 1 nitrogen and oxygen atoms in total. The van der Waals surface area contributed by atoms with Crippen LogP contribution < -0.4 is 4.90 Å². The number of halogens is 2. The van der Waals surface area contributed by atoms with Gasteiger partial charge in [0.2, 0.25) is 0 Å². The third-order valence-electron chi connectivity index (χ3n) is 1.42. The van der Waals surface area contributed by atoms with E-state index in [2.05, 4.69) is 15.9 Å². The minimum absolute atomic E-state index is 0.226. The fourth-order valence-electron chi connectivity index (χ4n) is 0.763. The van der Waals surface area contributed by atoms with Crippen molar-refractivity contribution in [1.82, 2.24) is 0 Å². The maximum atomic E-state index is 12.9. The molecule has 1 aromatic carbocycles. The third-order valence-corrected chi connectivity index (χ3v) is 2.06. The Bertz CT molecular complexity index is 260. The fourth-order valence-corrected chi connectivity index (χ4v) is 1.01. The molecule has 0 aromatic heterocycles. The van der Waals surface area contributed by atoms with Gasteiger partial charge in [0.1, 0.15) is 5.82 Å². The topological polar surface area (TPSA) is 3.24 Å². The van der Waals surface area contributed by atoms with Crippen LogP contribution in [-0.2, 0) is 0 Å². The van der Waals surface area contributed by atoms with Crippen LogP contribution in [-0.4, -0.2) is 14.1 Å². The van der Waals surface area contributed by atoms with Crippen LogP contribution in [0.5, 0.6) is 0 Å². The zero-order chi connectivity index (χ0) is 8.43. The normalized spacial score (nSPS) is 9.82. The van der Waals surface area contributed by atoms with Gasteiger partial charge in [-0.25, -0.2) is 4.39 Å². The summed E-state index contributed by atoms with van der Waals surface area (Å²) in [6.45, 7) is 0. The fraction of sp³-hybridized carbons (Fsp3) is 0.250. The lowest BCUT2D eigenvalue weighted by Crippen LogP contribution is -2.08. The van der Waals surface area contributed by atoms with Gasteiger partial charge in [-0.15, -0.1) is 0 Å². The highest BCUT2D eigenvalue weighted by Crippen LogP contribution is 2.20. The van der Waals surface area contributed by atoms with Crippen molar-refractivity contribution in [3.8, 4) is 0 Å². The van der Waals surface area contributed by atoms with Crippen LogP contribution in [0, 0.1) is 5.82 Å². The zero-order valence-corrected chi connectivity index (χ0v) is 8.02. The van der Waals surface area contributed by atoms with Gasteiger partial charge in [-0.05, 0) is 34.1 Å². The summed E-state index contributed by atoms with van der Waals surface area (Å²) in [5, 5.41) is 0. The van der Waals surface area contributed by atoms with Crippen molar-refractivity contribution < 1.29 is 4.39 Å². The van der Waals surface area contributed by atoms with Crippen molar-refractivity contribution >= 4 is 21.6 Å². The van der Waals surface area contributed by atoms with Crippen LogP contribution in [0.3, 0.4) is 0 Å². The Hall–Kier alpha value is -0.570. The Kier molecular flexibility index (Phi) is 2.49. The molecule has 0 aliphatic heterocycles. The molecule has 0 aliphatic rings. The Morgan fingerprint density at radius 1 is 1.36 bits per heavy atom. The quantitative estimate of drug-likeness (QED) is 0.700. The lowest BCUT2D eigenvalue weighted by atomic mass is 10.3. The molecule has 1 aromatic rings. The Morgan fingerprint density at radius 2 is 2.00 bits per heavy atom. The molecule has 0 unspecified atom stereocenters. The molecular formula is C8H9BrFN. The zero-order valence-electron chi connectivity index (χ0n) is 6.44. The van der Waals surface area contributed by atoms with Gasteiger partial charge in [-0.2, -0.15) is 0 Å². The second-order valence-corrected chi connectivity index (χ2v) is 3.35. The van der Waals surface area contributed by atoms with Crippen molar-refractivity contribution in [2.45, 2.75) is 0 Å². The van der Waals surface area contributed by atoms with Crippen molar-refractivity contribution in [2.24, 2.45) is 0 Å². The van der Waals surface area contributed by atoms with Gasteiger partial charge in [0.15, 0.2) is 0 Å². The maximum Gasteiger partial charge on any atom is 0.139 e. The molecule has 0 saturated heterocycles. The van der Waals surface area contributed by atoms with E-state index in [1.807, 2.05) is 25.1 Å². The number of hydrogen-bond donors (Lipinski definition) is 0. The van der Waals surface area contributed by atoms with Gasteiger partial charge in [0.25, 0.3) is 0 Å². The summed E-state index contributed by atoms with van der Waals surface area (Å²) < 4.78 is 13.4. The molecule has 0 saturated carbocycles. The molecule has 0 fully saturated rings. The van der Waals surface area contributed by atoms with Gasteiger partial charge < -0.3 is 4.90 Å². The van der Waals surface area contributed by atoms with Crippen LogP contribution in [0.25, 0.3) is 0 Å². The van der Waals surface area contributed by atoms with E-state index >= 15 is 0 Å². The molecule has 0 atom stereocenters. The third kappa shape index (κ3) is 1.93. The lowest BCUT2D eigenvalue weighted by Gasteiger charge is -2.11. The second kappa shape index (κ2) is 3.22. The molecule has 3 heteroatoms. The highest BCUT2D eigenvalue weighted by molar-refractivity contribution is 9.10. The lowest BCUT2D eigenvalue weighted by molar-refractivity contribution is 0.621. The molecule has 0 aliphatic carbocycles. The predicted molar refractivity (Wildman–Crippen MR) is 48.4 cm³/mol. The predicted octanol–water partition coefficient (Wildman–Crippen LogP) is 2.65. The van der Waals surface area contributed by atoms with Crippen molar-refractivity contribution in [3.05, 3.63) is 28.5 Å². The van der Waals surface area contributed by atoms with E-state index in [-0.39, 0.29) is 5.82 Å². The molecule has 0 amide bonds. The number of anilines is 1. The number of nitrogens with zero attached hydrogens (tertiary/aromatic N) is 1. The van der Waals surface area contributed by atoms with Gasteiger partial charge >= 0.3 is 0 Å². The molecule has 0 heterocycles. The molecule has 0 spiro atoms. The van der Waals surface area contributed by atoms with E-state index in [1.54, 1.807) is 6.07 Å². The summed E-state index contributed by atoms with van der Waals surface area (Å²) in [6, 6.07) is 5.04. The smallest absolute Gasteiger partial charge is 0.139 e. The first-order chi connectivity index (χ1) is 5.11. The van der Waals surface area contributed by atoms with Gasteiger partial charge in [-0.3, -0.25) is 0 Å². The first-order valence-electron chi connectivity index (χ1n) is 3.23. The van der Waals surface area contributed by atoms with Gasteiger partial charge in [-0.1, -0.05) is 0 Å². The number of rotatable bonds is 1. The van der Waals surface area contributed by atoms with Crippen LogP contribution in [0.1, 0.15) is 0 Å². The van der Waals surface area contributed by atoms with E-state index in [1.165, 1.54) is 6.07 Å². The Labute approximate surface area is 74.0 Å². The minimum Gasteiger partial charge on any atom is -0.378 e. The largest absolute Gasteiger partial charge is 0.378 e. The highest BCUT2D eigenvalue weighted by Gasteiger charge is 2.00. The van der Waals surface area contributed by atoms with Crippen LogP contribution in [0.15, 0.2) is 22.7 Å². The van der Waals surface area contributed by atoms with Crippen LogP contribution in [0.4, 0.5) is 10.1 Å². The standard InChI is InChI=1S/C8H9BrFN/c1-11(2)6-3-4-7(9)8(10)5-6/h3-5H,1-2H3. The van der Waals surface area contributed by atoms with E-state index in [0.717, 1.165) is 5.69 Å². The van der Waals surface area contributed by atoms with Crippen molar-refractivity contribution in [2.75, 3.05) is 19.0 Å². The summed E-state index contributed by atoms with van der Waals surface area (Å²) >= 11 is 3.08. The van der Waals surface area contributed by atoms with Crippen LogP contribution in [0.2, 0.25) is 0 Å². The molecule has 0 bridgehead atoms. The highest BCUT2D eigenvalue weighted by atomic mass is 79.9. The summed E-state index contributed by atoms with van der Waals surface area (Å²) in [7, 11) is 3.76. The maximum absolute atomic E-state index is 12.9. The minimum atomic E-state index is -0.226. The van der Waals surface area contributed by atoms with E-state index in [9.17, 15) is 4.39 Å². The summed E-state index contributed by atoms with van der Waals surface area (Å²) in [4.78, 5) is 1.86. The van der Waals surface area contributed by atoms with Gasteiger partial charge in [0, 0.05) is 19.8 Å². The van der Waals surface area contributed by atoms with E-state index in [0.29, 0.717) is 4.47 Å². The Balaban J connectivity index is 3.05. The average molecular weight is 218 g/mol. The molecule has 60 valence electrons. The molecule has 0 radical (unpaired) electrons. The second-order valence-electron chi connectivity index (χ2n) is 2.49. The first-order valence-corrected chi connectivity index (χ1v) is 4.03. The summed E-state index contributed by atoms with van der Waals surface area (Å²) in [5.74, 6) is -0.226. The van der Waals surface area contributed by atoms with Crippen molar-refractivity contribution in [3.63, 3.8) is 0 Å².